The zero-order chi connectivity index (χ0) is 20.6. The third-order valence-corrected chi connectivity index (χ3v) is 4.40. The van der Waals surface area contributed by atoms with Crippen molar-refractivity contribution in [1.82, 2.24) is 10.4 Å². The molecule has 0 bridgehead atoms. The van der Waals surface area contributed by atoms with Crippen LogP contribution in [0.3, 0.4) is 0 Å². The zero-order valence-electron chi connectivity index (χ0n) is 16.7. The molecule has 3 aromatic rings. The maximum absolute atomic E-state index is 13.6. The Labute approximate surface area is 170 Å². The summed E-state index contributed by atoms with van der Waals surface area (Å²) in [5.74, 6) is 0.156. The number of benzene rings is 2. The van der Waals surface area contributed by atoms with Crippen LogP contribution >= 0.6 is 0 Å². The molecule has 5 nitrogen and oxygen atoms in total. The van der Waals surface area contributed by atoms with Crippen molar-refractivity contribution in [2.75, 3.05) is 6.61 Å². The van der Waals surface area contributed by atoms with E-state index in [1.807, 2.05) is 13.0 Å². The molecule has 1 heterocycles. The number of nitrogens with zero attached hydrogens (tertiary/aromatic N) is 1. The number of hydrogen-bond donors (Lipinski definition) is 1. The first-order chi connectivity index (χ1) is 14.0. The molecule has 0 saturated heterocycles. The molecule has 1 N–H and O–H groups in total. The molecule has 1 amide bonds. The second-order valence-electron chi connectivity index (χ2n) is 6.89. The summed E-state index contributed by atoms with van der Waals surface area (Å²) in [5.41, 5.74) is 5.53. The first-order valence-corrected chi connectivity index (χ1v) is 9.56. The van der Waals surface area contributed by atoms with Crippen LogP contribution in [0, 0.1) is 12.7 Å². The van der Waals surface area contributed by atoms with Crippen molar-refractivity contribution in [3.8, 4) is 0 Å². The Bertz CT molecular complexity index is 937. The minimum absolute atomic E-state index is 0.189. The molecular formula is C23H25FN2O3. The summed E-state index contributed by atoms with van der Waals surface area (Å²) in [5, 5.41) is 0. The van der Waals surface area contributed by atoms with Gasteiger partial charge in [-0.3, -0.25) is 14.5 Å². The SMILES string of the molecule is CCONC(=O)c1ccc(CN(Cc2ccc(C)cc2)Cc2cccc(F)c2)o1. The molecule has 0 saturated carbocycles. The molecule has 3 rings (SSSR count). The molecule has 0 fully saturated rings. The Morgan fingerprint density at radius 2 is 1.79 bits per heavy atom. The van der Waals surface area contributed by atoms with Gasteiger partial charge in [-0.1, -0.05) is 42.0 Å². The Morgan fingerprint density at radius 1 is 1.03 bits per heavy atom. The predicted molar refractivity (Wildman–Crippen MR) is 108 cm³/mol. The summed E-state index contributed by atoms with van der Waals surface area (Å²) in [7, 11) is 0. The highest BCUT2D eigenvalue weighted by molar-refractivity contribution is 5.90. The van der Waals surface area contributed by atoms with Gasteiger partial charge in [0.1, 0.15) is 11.6 Å². The molecule has 6 heteroatoms. The van der Waals surface area contributed by atoms with Crippen molar-refractivity contribution in [3.63, 3.8) is 0 Å². The summed E-state index contributed by atoms with van der Waals surface area (Å²) >= 11 is 0. The molecule has 0 aliphatic carbocycles. The Hall–Kier alpha value is -2.96. The van der Waals surface area contributed by atoms with Gasteiger partial charge in [-0.25, -0.2) is 9.87 Å². The van der Waals surface area contributed by atoms with Gasteiger partial charge in [0, 0.05) is 13.1 Å². The quantitative estimate of drug-likeness (QED) is 0.537. The minimum atomic E-state index is -0.423. The second kappa shape index (κ2) is 10.0. The number of aryl methyl sites for hydroxylation is 1. The highest BCUT2D eigenvalue weighted by atomic mass is 19.1. The van der Waals surface area contributed by atoms with Crippen molar-refractivity contribution in [3.05, 3.63) is 94.7 Å². The number of halogens is 1. The molecule has 1 aromatic heterocycles. The van der Waals surface area contributed by atoms with Gasteiger partial charge in [-0.05, 0) is 49.2 Å². The van der Waals surface area contributed by atoms with Gasteiger partial charge < -0.3 is 4.42 Å². The number of carbonyl (C=O) groups is 1. The largest absolute Gasteiger partial charge is 0.454 e. The fraction of sp³-hybridized carbons (Fsp3) is 0.261. The van der Waals surface area contributed by atoms with E-state index in [0.29, 0.717) is 32.0 Å². The average Bonchev–Trinajstić information content (AvgIpc) is 3.16. The van der Waals surface area contributed by atoms with E-state index in [-0.39, 0.29) is 11.6 Å². The fourth-order valence-electron chi connectivity index (χ4n) is 3.01. The number of hydroxylamine groups is 1. The van der Waals surface area contributed by atoms with Crippen LogP contribution in [0.15, 0.2) is 65.1 Å². The van der Waals surface area contributed by atoms with E-state index in [1.54, 1.807) is 25.1 Å². The summed E-state index contributed by atoms with van der Waals surface area (Å²) in [4.78, 5) is 19.0. The van der Waals surface area contributed by atoms with E-state index >= 15 is 0 Å². The molecule has 152 valence electrons. The lowest BCUT2D eigenvalue weighted by atomic mass is 10.1. The van der Waals surface area contributed by atoms with Gasteiger partial charge >= 0.3 is 5.91 Å². The number of carbonyl (C=O) groups excluding carboxylic acids is 1. The van der Waals surface area contributed by atoms with Gasteiger partial charge in [-0.2, -0.15) is 0 Å². The minimum Gasteiger partial charge on any atom is -0.454 e. The maximum Gasteiger partial charge on any atom is 0.310 e. The molecule has 0 unspecified atom stereocenters. The first kappa shape index (κ1) is 20.8. The van der Waals surface area contributed by atoms with E-state index in [2.05, 4.69) is 34.6 Å². The molecule has 0 radical (unpaired) electrons. The molecular weight excluding hydrogens is 371 g/mol. The van der Waals surface area contributed by atoms with Crippen molar-refractivity contribution < 1.29 is 18.4 Å². The molecule has 0 atom stereocenters. The van der Waals surface area contributed by atoms with E-state index in [1.165, 1.54) is 17.7 Å². The molecule has 2 aromatic carbocycles. The lowest BCUT2D eigenvalue weighted by molar-refractivity contribution is 0.0338. The number of amides is 1. The summed E-state index contributed by atoms with van der Waals surface area (Å²) in [6.45, 7) is 5.89. The molecule has 29 heavy (non-hydrogen) atoms. The van der Waals surface area contributed by atoms with E-state index in [0.717, 1.165) is 11.1 Å². The third kappa shape index (κ3) is 6.27. The van der Waals surface area contributed by atoms with Crippen LogP contribution in [0.25, 0.3) is 0 Å². The highest BCUT2D eigenvalue weighted by Crippen LogP contribution is 2.17. The van der Waals surface area contributed by atoms with Crippen LogP contribution in [0.5, 0.6) is 0 Å². The Morgan fingerprint density at radius 3 is 2.52 bits per heavy atom. The van der Waals surface area contributed by atoms with Crippen molar-refractivity contribution in [2.45, 2.75) is 33.5 Å². The lowest BCUT2D eigenvalue weighted by Crippen LogP contribution is -2.23. The maximum atomic E-state index is 13.6. The average molecular weight is 396 g/mol. The van der Waals surface area contributed by atoms with Gasteiger partial charge in [-0.15, -0.1) is 0 Å². The third-order valence-electron chi connectivity index (χ3n) is 4.40. The van der Waals surface area contributed by atoms with E-state index in [9.17, 15) is 9.18 Å². The summed E-state index contributed by atoms with van der Waals surface area (Å²) < 4.78 is 19.3. The molecule has 0 spiro atoms. The number of rotatable bonds is 9. The van der Waals surface area contributed by atoms with Crippen molar-refractivity contribution >= 4 is 5.91 Å². The molecule has 0 aliphatic heterocycles. The Balaban J connectivity index is 1.74. The topological polar surface area (TPSA) is 54.7 Å². The van der Waals surface area contributed by atoms with Crippen LogP contribution in [-0.4, -0.2) is 17.4 Å². The summed E-state index contributed by atoms with van der Waals surface area (Å²) in [6.07, 6.45) is 0. The first-order valence-electron chi connectivity index (χ1n) is 9.56. The van der Waals surface area contributed by atoms with Crippen LogP contribution in [0.2, 0.25) is 0 Å². The number of nitrogens with one attached hydrogen (secondary N) is 1. The fourth-order valence-corrected chi connectivity index (χ4v) is 3.01. The van der Waals surface area contributed by atoms with Gasteiger partial charge in [0.2, 0.25) is 0 Å². The van der Waals surface area contributed by atoms with Gasteiger partial charge in [0.15, 0.2) is 5.76 Å². The van der Waals surface area contributed by atoms with E-state index in [4.69, 9.17) is 9.25 Å². The number of hydrogen-bond acceptors (Lipinski definition) is 4. The van der Waals surface area contributed by atoms with E-state index < -0.39 is 5.91 Å². The summed E-state index contributed by atoms with van der Waals surface area (Å²) in [6, 6.07) is 18.3. The van der Waals surface area contributed by atoms with Crippen LogP contribution < -0.4 is 5.48 Å². The van der Waals surface area contributed by atoms with Gasteiger partial charge in [0.05, 0.1) is 13.2 Å². The van der Waals surface area contributed by atoms with Crippen LogP contribution in [0.4, 0.5) is 4.39 Å². The Kier molecular flexibility index (Phi) is 7.16. The normalized spacial score (nSPS) is 11.0. The smallest absolute Gasteiger partial charge is 0.310 e. The molecule has 0 aliphatic rings. The van der Waals surface area contributed by atoms with Crippen molar-refractivity contribution in [1.29, 1.82) is 0 Å². The van der Waals surface area contributed by atoms with Crippen LogP contribution in [-0.2, 0) is 24.5 Å². The monoisotopic (exact) mass is 396 g/mol. The second-order valence-corrected chi connectivity index (χ2v) is 6.89. The van der Waals surface area contributed by atoms with Crippen molar-refractivity contribution in [2.24, 2.45) is 0 Å². The van der Waals surface area contributed by atoms with Crippen LogP contribution in [0.1, 0.15) is 39.9 Å². The van der Waals surface area contributed by atoms with Gasteiger partial charge in [0.25, 0.3) is 0 Å². The highest BCUT2D eigenvalue weighted by Gasteiger charge is 2.15. The predicted octanol–water partition coefficient (Wildman–Crippen LogP) is 4.61. The lowest BCUT2D eigenvalue weighted by Gasteiger charge is -2.22. The zero-order valence-corrected chi connectivity index (χ0v) is 16.7. The standard InChI is InChI=1S/C23H25FN2O3/c1-3-28-25-23(27)22-12-11-21(29-22)16-26(14-18-9-7-17(2)8-10-18)15-19-5-4-6-20(24)13-19/h4-13H,3,14-16H2,1-2H3,(H,25,27). The number of furan rings is 1.